The van der Waals surface area contributed by atoms with Gasteiger partial charge in [0, 0.05) is 38.1 Å². The normalized spacial score (nSPS) is 19.6. The van der Waals surface area contributed by atoms with Crippen molar-refractivity contribution in [2.45, 2.75) is 56.9 Å². The van der Waals surface area contributed by atoms with Crippen molar-refractivity contribution in [3.63, 3.8) is 0 Å². The second kappa shape index (κ2) is 11.2. The predicted octanol–water partition coefficient (Wildman–Crippen LogP) is 2.25. The van der Waals surface area contributed by atoms with Crippen LogP contribution in [0.4, 0.5) is 0 Å². The van der Waals surface area contributed by atoms with Gasteiger partial charge in [-0.2, -0.15) is 4.31 Å². The van der Waals surface area contributed by atoms with Crippen LogP contribution in [0.2, 0.25) is 0 Å². The highest BCUT2D eigenvalue weighted by molar-refractivity contribution is 7.89. The highest BCUT2D eigenvalue weighted by Crippen LogP contribution is 2.25. The van der Waals surface area contributed by atoms with Crippen molar-refractivity contribution in [2.24, 2.45) is 5.92 Å². The largest absolute Gasteiger partial charge is 0.462 e. The summed E-state index contributed by atoms with van der Waals surface area (Å²) in [6.07, 6.45) is 4.12. The van der Waals surface area contributed by atoms with Gasteiger partial charge in [-0.15, -0.1) is 0 Å². The van der Waals surface area contributed by atoms with Gasteiger partial charge in [-0.05, 0) is 69.8 Å². The average molecular weight is 466 g/mol. The molecule has 1 N–H and O–H groups in total. The minimum atomic E-state index is -3.66. The molecule has 0 aliphatic carbocycles. The molecule has 2 aliphatic rings. The molecule has 0 spiro atoms. The van der Waals surface area contributed by atoms with E-state index >= 15 is 0 Å². The zero-order valence-electron chi connectivity index (χ0n) is 19.1. The smallest absolute Gasteiger partial charge is 0.338 e. The lowest BCUT2D eigenvalue weighted by Crippen LogP contribution is -2.48. The van der Waals surface area contributed by atoms with E-state index in [4.69, 9.17) is 4.74 Å². The Balaban J connectivity index is 1.50. The maximum absolute atomic E-state index is 13.0. The summed E-state index contributed by atoms with van der Waals surface area (Å²) < 4.78 is 32.3. The van der Waals surface area contributed by atoms with E-state index in [1.807, 2.05) is 0 Å². The second-order valence-corrected chi connectivity index (χ2v) is 10.5. The van der Waals surface area contributed by atoms with Crippen molar-refractivity contribution in [2.75, 3.05) is 39.3 Å². The number of nitrogens with one attached hydrogen (secondary N) is 1. The summed E-state index contributed by atoms with van der Waals surface area (Å²) in [5.41, 5.74) is 0.321. The van der Waals surface area contributed by atoms with E-state index in [2.05, 4.69) is 17.1 Å². The molecule has 9 heteroatoms. The van der Waals surface area contributed by atoms with E-state index in [0.29, 0.717) is 31.5 Å². The number of piperidine rings is 2. The molecule has 0 atom stereocenters. The van der Waals surface area contributed by atoms with Gasteiger partial charge in [0.1, 0.15) is 0 Å². The van der Waals surface area contributed by atoms with Crippen LogP contribution in [0.1, 0.15) is 56.3 Å². The molecule has 2 fully saturated rings. The number of sulfonamides is 1. The van der Waals surface area contributed by atoms with Crippen LogP contribution in [0.5, 0.6) is 0 Å². The number of carbonyl (C=O) groups excluding carboxylic acids is 2. The number of esters is 1. The van der Waals surface area contributed by atoms with Crippen molar-refractivity contribution in [3.05, 3.63) is 29.8 Å². The van der Waals surface area contributed by atoms with Gasteiger partial charge < -0.3 is 15.0 Å². The molecule has 32 heavy (non-hydrogen) atoms. The van der Waals surface area contributed by atoms with Crippen LogP contribution in [0.15, 0.2) is 29.2 Å². The number of ether oxygens (including phenoxy) is 1. The van der Waals surface area contributed by atoms with Crippen molar-refractivity contribution >= 4 is 21.9 Å². The fourth-order valence-corrected chi connectivity index (χ4v) is 5.89. The van der Waals surface area contributed by atoms with Crippen LogP contribution < -0.4 is 5.32 Å². The van der Waals surface area contributed by atoms with E-state index in [1.165, 1.54) is 28.6 Å². The topological polar surface area (TPSA) is 96.0 Å². The van der Waals surface area contributed by atoms with Crippen molar-refractivity contribution in [1.82, 2.24) is 14.5 Å². The number of amides is 1. The van der Waals surface area contributed by atoms with E-state index in [1.54, 1.807) is 6.92 Å². The second-order valence-electron chi connectivity index (χ2n) is 8.55. The first-order valence-corrected chi connectivity index (χ1v) is 13.1. The van der Waals surface area contributed by atoms with E-state index in [9.17, 15) is 18.0 Å². The number of rotatable bonds is 8. The molecule has 1 amide bonds. The van der Waals surface area contributed by atoms with E-state index < -0.39 is 16.0 Å². The molecule has 2 saturated heterocycles. The van der Waals surface area contributed by atoms with Crippen LogP contribution in [0, 0.1) is 5.92 Å². The lowest BCUT2D eigenvalue weighted by Gasteiger charge is -2.34. The Labute approximate surface area is 191 Å². The summed E-state index contributed by atoms with van der Waals surface area (Å²) in [5.74, 6) is -0.574. The number of likely N-dealkylation sites (tertiary alicyclic amines) is 1. The minimum absolute atomic E-state index is 0.0507. The molecule has 178 valence electrons. The Hall–Kier alpha value is -1.97. The zero-order valence-corrected chi connectivity index (χ0v) is 19.9. The standard InChI is InChI=1S/C23H35N3O5S/c1-3-13-25-14-11-20(12-15-25)24-22(27)18-9-16-26(17-10-18)32(29,30)21-7-5-19(6-8-21)23(28)31-4-2/h5-8,18,20H,3-4,9-17H2,1-2H3,(H,24,27). The lowest BCUT2D eigenvalue weighted by molar-refractivity contribution is -0.127. The average Bonchev–Trinajstić information content (AvgIpc) is 2.81. The summed E-state index contributed by atoms with van der Waals surface area (Å²) in [4.78, 5) is 27.1. The SMILES string of the molecule is CCCN1CCC(NC(=O)C2CCN(S(=O)(=O)c3ccc(C(=O)OCC)cc3)CC2)CC1. The van der Waals surface area contributed by atoms with Gasteiger partial charge in [0.05, 0.1) is 17.1 Å². The fourth-order valence-electron chi connectivity index (χ4n) is 4.42. The van der Waals surface area contributed by atoms with Crippen molar-refractivity contribution in [1.29, 1.82) is 0 Å². The quantitative estimate of drug-likeness (QED) is 0.592. The molecule has 2 aliphatic heterocycles. The molecule has 0 unspecified atom stereocenters. The molecule has 0 aromatic heterocycles. The van der Waals surface area contributed by atoms with Gasteiger partial charge in [-0.1, -0.05) is 6.92 Å². The highest BCUT2D eigenvalue weighted by atomic mass is 32.2. The van der Waals surface area contributed by atoms with Crippen molar-refractivity contribution < 1.29 is 22.7 Å². The Kier molecular flexibility index (Phi) is 8.67. The molecule has 2 heterocycles. The monoisotopic (exact) mass is 465 g/mol. The number of nitrogens with zero attached hydrogens (tertiary/aromatic N) is 2. The van der Waals surface area contributed by atoms with E-state index in [0.717, 1.165) is 38.9 Å². The van der Waals surface area contributed by atoms with Gasteiger partial charge in [0.15, 0.2) is 0 Å². The molecular formula is C23H35N3O5S. The third-order valence-electron chi connectivity index (χ3n) is 6.30. The minimum Gasteiger partial charge on any atom is -0.462 e. The molecular weight excluding hydrogens is 430 g/mol. The van der Waals surface area contributed by atoms with Gasteiger partial charge in [0.2, 0.25) is 15.9 Å². The first-order chi connectivity index (χ1) is 15.3. The number of hydrogen-bond acceptors (Lipinski definition) is 6. The Morgan fingerprint density at radius 3 is 2.19 bits per heavy atom. The maximum atomic E-state index is 13.0. The number of carbonyl (C=O) groups is 2. The fraction of sp³-hybridized carbons (Fsp3) is 0.652. The maximum Gasteiger partial charge on any atom is 0.338 e. The molecule has 1 aromatic carbocycles. The van der Waals surface area contributed by atoms with Crippen LogP contribution in [0.3, 0.4) is 0 Å². The van der Waals surface area contributed by atoms with Crippen LogP contribution in [-0.4, -0.2) is 74.9 Å². The third kappa shape index (κ3) is 6.08. The molecule has 0 bridgehead atoms. The zero-order chi connectivity index (χ0) is 23.1. The van der Waals surface area contributed by atoms with Gasteiger partial charge in [-0.3, -0.25) is 4.79 Å². The Morgan fingerprint density at radius 1 is 1.00 bits per heavy atom. The van der Waals surface area contributed by atoms with Crippen LogP contribution >= 0.6 is 0 Å². The summed E-state index contributed by atoms with van der Waals surface area (Å²) in [7, 11) is -3.66. The molecule has 8 nitrogen and oxygen atoms in total. The summed E-state index contributed by atoms with van der Waals surface area (Å²) >= 11 is 0. The molecule has 0 saturated carbocycles. The summed E-state index contributed by atoms with van der Waals surface area (Å²) in [6, 6.07) is 6.03. The highest BCUT2D eigenvalue weighted by Gasteiger charge is 2.33. The van der Waals surface area contributed by atoms with Crippen molar-refractivity contribution in [3.8, 4) is 0 Å². The summed E-state index contributed by atoms with van der Waals surface area (Å²) in [5, 5.41) is 3.19. The molecule has 0 radical (unpaired) electrons. The van der Waals surface area contributed by atoms with Gasteiger partial charge in [0.25, 0.3) is 0 Å². The number of hydrogen-bond donors (Lipinski definition) is 1. The predicted molar refractivity (Wildman–Crippen MR) is 122 cm³/mol. The first kappa shape index (κ1) is 24.7. The van der Waals surface area contributed by atoms with Gasteiger partial charge in [-0.25, -0.2) is 13.2 Å². The summed E-state index contributed by atoms with van der Waals surface area (Å²) in [6.45, 7) is 7.94. The van der Waals surface area contributed by atoms with Crippen LogP contribution in [-0.2, 0) is 19.6 Å². The Bertz CT molecular complexity index is 871. The first-order valence-electron chi connectivity index (χ1n) is 11.6. The van der Waals surface area contributed by atoms with E-state index in [-0.39, 0.29) is 29.4 Å². The lowest BCUT2D eigenvalue weighted by atomic mass is 9.96. The van der Waals surface area contributed by atoms with Gasteiger partial charge >= 0.3 is 5.97 Å². The molecule has 3 rings (SSSR count). The molecule has 1 aromatic rings. The third-order valence-corrected chi connectivity index (χ3v) is 8.21. The Morgan fingerprint density at radius 2 is 1.62 bits per heavy atom. The number of benzene rings is 1. The van der Waals surface area contributed by atoms with Crippen LogP contribution in [0.25, 0.3) is 0 Å².